The number of hydrogen-bond acceptors (Lipinski definition) is 7. The topological polar surface area (TPSA) is 78.8 Å². The predicted octanol–water partition coefficient (Wildman–Crippen LogP) is 3.17. The van der Waals surface area contributed by atoms with E-state index < -0.39 is 11.9 Å². The molecule has 7 nitrogen and oxygen atoms in total. The summed E-state index contributed by atoms with van der Waals surface area (Å²) in [6.07, 6.45) is 1.84. The first-order chi connectivity index (χ1) is 14.7. The largest absolute Gasteiger partial charge is 0.489 e. The predicted molar refractivity (Wildman–Crippen MR) is 118 cm³/mol. The molecule has 1 aliphatic rings. The maximum Gasteiger partial charge on any atom is 0.227 e. The Balaban J connectivity index is 1.62. The van der Waals surface area contributed by atoms with Crippen LogP contribution in [0.2, 0.25) is 0 Å². The molecule has 1 aliphatic heterocycles. The smallest absolute Gasteiger partial charge is 0.227 e. The number of nitrogens with zero attached hydrogens (tertiary/aromatic N) is 4. The molecule has 1 aromatic heterocycles. The molecule has 1 aromatic carbocycles. The number of anilines is 2. The molecule has 3 rings (SSSR count). The highest BCUT2D eigenvalue weighted by Gasteiger charge is 2.28. The molecule has 0 radical (unpaired) electrons. The lowest BCUT2D eigenvalue weighted by Gasteiger charge is -2.22. The minimum Gasteiger partial charge on any atom is -0.489 e. The van der Waals surface area contributed by atoms with Crippen LogP contribution < -0.4 is 14.5 Å². The average Bonchev–Trinajstić information content (AvgIpc) is 3.16. The molecule has 1 fully saturated rings. The summed E-state index contributed by atoms with van der Waals surface area (Å²) in [5, 5.41) is 9.57. The van der Waals surface area contributed by atoms with Crippen LogP contribution in [0.15, 0.2) is 30.5 Å². The van der Waals surface area contributed by atoms with Crippen LogP contribution in [0.1, 0.15) is 45.1 Å². The van der Waals surface area contributed by atoms with E-state index in [1.807, 2.05) is 36.1 Å². The maximum atomic E-state index is 14.4. The summed E-state index contributed by atoms with van der Waals surface area (Å²) in [6.45, 7) is 6.84. The molecule has 0 aliphatic carbocycles. The van der Waals surface area contributed by atoms with Gasteiger partial charge in [-0.25, -0.2) is 9.37 Å². The number of aromatic nitrogens is 2. The highest BCUT2D eigenvalue weighted by molar-refractivity contribution is 5.76. The molecule has 0 amide bonds. The Labute approximate surface area is 182 Å². The van der Waals surface area contributed by atoms with E-state index in [9.17, 15) is 14.3 Å². The van der Waals surface area contributed by atoms with E-state index in [-0.39, 0.29) is 23.6 Å². The summed E-state index contributed by atoms with van der Waals surface area (Å²) < 4.78 is 20.5. The van der Waals surface area contributed by atoms with Gasteiger partial charge in [-0.2, -0.15) is 4.98 Å². The van der Waals surface area contributed by atoms with Crippen molar-refractivity contribution in [1.29, 1.82) is 0 Å². The SMILES string of the molecule is CC(=O)C[C@@H](C)c1ccc(O[C@@H]2CCN(c3nc(N(C)CC(C)O)ncc3F)C2)cc1. The number of carbonyl (C=O) groups excluding carboxylic acids is 1. The maximum absolute atomic E-state index is 14.4. The normalized spacial score (nSPS) is 18.0. The molecule has 1 unspecified atom stereocenters. The van der Waals surface area contributed by atoms with Crippen LogP contribution in [0.25, 0.3) is 0 Å². The van der Waals surface area contributed by atoms with E-state index in [2.05, 4.69) is 9.97 Å². The summed E-state index contributed by atoms with van der Waals surface area (Å²) in [6, 6.07) is 7.82. The van der Waals surface area contributed by atoms with Gasteiger partial charge in [0.2, 0.25) is 5.95 Å². The van der Waals surface area contributed by atoms with Crippen LogP contribution in [0.4, 0.5) is 16.2 Å². The molecular weight excluding hydrogens is 399 g/mol. The number of rotatable bonds is 9. The Kier molecular flexibility index (Phi) is 7.43. The second-order valence-electron chi connectivity index (χ2n) is 8.42. The van der Waals surface area contributed by atoms with Gasteiger partial charge in [0.15, 0.2) is 11.6 Å². The molecule has 0 bridgehead atoms. The first-order valence-corrected chi connectivity index (χ1v) is 10.7. The van der Waals surface area contributed by atoms with Crippen LogP contribution in [-0.2, 0) is 4.79 Å². The van der Waals surface area contributed by atoms with Crippen LogP contribution >= 0.6 is 0 Å². The van der Waals surface area contributed by atoms with Crippen molar-refractivity contribution in [3.63, 3.8) is 0 Å². The third-order valence-corrected chi connectivity index (χ3v) is 5.38. The lowest BCUT2D eigenvalue weighted by Crippen LogP contribution is -2.30. The minimum absolute atomic E-state index is 0.0755. The number of aliphatic hydroxyl groups excluding tert-OH is 1. The van der Waals surface area contributed by atoms with Crippen LogP contribution in [0, 0.1) is 5.82 Å². The van der Waals surface area contributed by atoms with Gasteiger partial charge < -0.3 is 24.4 Å². The first-order valence-electron chi connectivity index (χ1n) is 10.7. The average molecular weight is 431 g/mol. The molecule has 1 N–H and O–H groups in total. The van der Waals surface area contributed by atoms with Crippen molar-refractivity contribution in [1.82, 2.24) is 9.97 Å². The summed E-state index contributed by atoms with van der Waals surface area (Å²) >= 11 is 0. The fraction of sp³-hybridized carbons (Fsp3) is 0.522. The summed E-state index contributed by atoms with van der Waals surface area (Å²) in [4.78, 5) is 23.3. The summed E-state index contributed by atoms with van der Waals surface area (Å²) in [5.74, 6) is 1.26. The molecular formula is C23H31FN4O3. The van der Waals surface area contributed by atoms with Crippen molar-refractivity contribution in [2.75, 3.05) is 36.5 Å². The van der Waals surface area contributed by atoms with Crippen molar-refractivity contribution in [2.24, 2.45) is 0 Å². The minimum atomic E-state index is -0.538. The van der Waals surface area contributed by atoms with Gasteiger partial charge >= 0.3 is 0 Å². The Hall–Kier alpha value is -2.74. The number of ketones is 1. The monoisotopic (exact) mass is 430 g/mol. The highest BCUT2D eigenvalue weighted by Crippen LogP contribution is 2.27. The third-order valence-electron chi connectivity index (χ3n) is 5.38. The Morgan fingerprint density at radius 2 is 2.06 bits per heavy atom. The Morgan fingerprint density at radius 1 is 1.35 bits per heavy atom. The summed E-state index contributed by atoms with van der Waals surface area (Å²) in [5.41, 5.74) is 1.10. The Morgan fingerprint density at radius 3 is 2.71 bits per heavy atom. The fourth-order valence-electron chi connectivity index (χ4n) is 3.87. The molecule has 2 aromatic rings. The van der Waals surface area contributed by atoms with E-state index >= 15 is 0 Å². The van der Waals surface area contributed by atoms with Gasteiger partial charge in [-0.05, 0) is 37.5 Å². The van der Waals surface area contributed by atoms with Crippen LogP contribution in [0.5, 0.6) is 5.75 Å². The lowest BCUT2D eigenvalue weighted by atomic mass is 9.96. The fourth-order valence-corrected chi connectivity index (χ4v) is 3.87. The number of benzene rings is 1. The number of ether oxygens (including phenoxy) is 1. The van der Waals surface area contributed by atoms with E-state index in [0.29, 0.717) is 32.0 Å². The number of Topliss-reactive ketones (excluding diaryl/α,β-unsaturated/α-hetero) is 1. The molecule has 0 spiro atoms. The van der Waals surface area contributed by atoms with Gasteiger partial charge in [0.05, 0.1) is 18.8 Å². The number of hydrogen-bond donors (Lipinski definition) is 1. The number of halogens is 1. The van der Waals surface area contributed by atoms with Gasteiger partial charge in [-0.3, -0.25) is 0 Å². The zero-order valence-electron chi connectivity index (χ0n) is 18.6. The van der Waals surface area contributed by atoms with Gasteiger partial charge in [0.1, 0.15) is 17.6 Å². The zero-order chi connectivity index (χ0) is 22.5. The molecule has 1 saturated heterocycles. The first kappa shape index (κ1) is 22.9. The highest BCUT2D eigenvalue weighted by atomic mass is 19.1. The van der Waals surface area contributed by atoms with Crippen molar-refractivity contribution in [3.8, 4) is 5.75 Å². The molecule has 3 atom stereocenters. The van der Waals surface area contributed by atoms with E-state index in [4.69, 9.17) is 4.74 Å². The second kappa shape index (κ2) is 10.0. The number of likely N-dealkylation sites (N-methyl/N-ethyl adjacent to an activating group) is 1. The molecule has 168 valence electrons. The standard InChI is InChI=1S/C23H31FN4O3/c1-15(11-16(2)29)18-5-7-19(8-6-18)31-20-9-10-28(14-20)22-21(24)12-25-23(26-22)27(4)13-17(3)30/h5-8,12,15,17,20,30H,9-11,13-14H2,1-4H3/t15-,17?,20-/m1/s1. The molecule has 0 saturated carbocycles. The lowest BCUT2D eigenvalue weighted by molar-refractivity contribution is -0.117. The van der Waals surface area contributed by atoms with Gasteiger partial charge in [-0.1, -0.05) is 19.1 Å². The third kappa shape index (κ3) is 6.13. The van der Waals surface area contributed by atoms with Gasteiger partial charge in [-0.15, -0.1) is 0 Å². The zero-order valence-corrected chi connectivity index (χ0v) is 18.6. The van der Waals surface area contributed by atoms with Gasteiger partial charge in [0, 0.05) is 33.0 Å². The van der Waals surface area contributed by atoms with Crippen molar-refractivity contribution < 1.29 is 19.0 Å². The van der Waals surface area contributed by atoms with Crippen molar-refractivity contribution in [2.45, 2.75) is 51.7 Å². The number of carbonyl (C=O) groups is 1. The molecule has 2 heterocycles. The molecule has 8 heteroatoms. The van der Waals surface area contributed by atoms with Crippen molar-refractivity contribution >= 4 is 17.5 Å². The van der Waals surface area contributed by atoms with Crippen LogP contribution in [0.3, 0.4) is 0 Å². The van der Waals surface area contributed by atoms with E-state index in [0.717, 1.165) is 17.7 Å². The Bertz CT molecular complexity index is 891. The van der Waals surface area contributed by atoms with E-state index in [1.165, 1.54) is 6.20 Å². The number of aliphatic hydroxyl groups is 1. The summed E-state index contributed by atoms with van der Waals surface area (Å²) in [7, 11) is 1.76. The molecule has 31 heavy (non-hydrogen) atoms. The van der Waals surface area contributed by atoms with Gasteiger partial charge in [0.25, 0.3) is 0 Å². The second-order valence-corrected chi connectivity index (χ2v) is 8.42. The van der Waals surface area contributed by atoms with Crippen molar-refractivity contribution in [3.05, 3.63) is 41.8 Å². The van der Waals surface area contributed by atoms with Crippen LogP contribution in [-0.4, -0.2) is 59.7 Å². The quantitative estimate of drug-likeness (QED) is 0.655. The van der Waals surface area contributed by atoms with E-state index in [1.54, 1.807) is 25.8 Å².